The van der Waals surface area contributed by atoms with Gasteiger partial charge in [0.15, 0.2) is 5.11 Å². The lowest BCUT2D eigenvalue weighted by Crippen LogP contribution is -2.20. The Morgan fingerprint density at radius 2 is 1.74 bits per heavy atom. The smallest absolute Gasteiger partial charge is 0.175 e. The summed E-state index contributed by atoms with van der Waals surface area (Å²) in [5.74, 6) is -0.239. The second-order valence-electron chi connectivity index (χ2n) is 6.73. The molecule has 0 aliphatic carbocycles. The molecule has 0 saturated heterocycles. The summed E-state index contributed by atoms with van der Waals surface area (Å²) in [6, 6.07) is 12.7. The highest BCUT2D eigenvalue weighted by Crippen LogP contribution is 2.22. The Balaban J connectivity index is 1.75. The van der Waals surface area contributed by atoms with E-state index in [-0.39, 0.29) is 5.82 Å². The molecule has 3 aromatic rings. The maximum atomic E-state index is 13.1. The van der Waals surface area contributed by atoms with Gasteiger partial charge in [0.05, 0.1) is 23.6 Å². The summed E-state index contributed by atoms with van der Waals surface area (Å²) in [6.07, 6.45) is 0. The number of thiocarbonyl (C=S) groups is 1. The summed E-state index contributed by atoms with van der Waals surface area (Å²) >= 11 is 5.49. The number of hydrogen-bond donors (Lipinski definition) is 2. The van der Waals surface area contributed by atoms with E-state index in [1.54, 1.807) is 12.1 Å². The van der Waals surface area contributed by atoms with E-state index in [2.05, 4.69) is 40.9 Å². The molecule has 0 spiro atoms. The predicted octanol–water partition coefficient (Wildman–Crippen LogP) is 5.11. The standard InChI is InChI=1S/C21H23FN4S/c1-13-5-6-14(2)19(11-13)23-21(27)24-20-15(3)25-26(16(20)4)12-17-7-9-18(22)10-8-17/h5-11H,12H2,1-4H3,(H2,23,24,27). The van der Waals surface area contributed by atoms with Gasteiger partial charge in [-0.2, -0.15) is 5.10 Å². The van der Waals surface area contributed by atoms with Gasteiger partial charge in [0, 0.05) is 5.69 Å². The molecule has 1 heterocycles. The lowest BCUT2D eigenvalue weighted by atomic mass is 10.1. The molecular formula is C21H23FN4S. The van der Waals surface area contributed by atoms with Crippen molar-refractivity contribution in [2.24, 2.45) is 0 Å². The second-order valence-corrected chi connectivity index (χ2v) is 7.14. The van der Waals surface area contributed by atoms with Crippen molar-refractivity contribution < 1.29 is 4.39 Å². The van der Waals surface area contributed by atoms with Gasteiger partial charge in [-0.05, 0) is 74.8 Å². The van der Waals surface area contributed by atoms with E-state index in [0.29, 0.717) is 11.7 Å². The Bertz CT molecular complexity index is 977. The van der Waals surface area contributed by atoms with Crippen LogP contribution in [-0.4, -0.2) is 14.9 Å². The van der Waals surface area contributed by atoms with Gasteiger partial charge >= 0.3 is 0 Å². The van der Waals surface area contributed by atoms with Crippen LogP contribution in [-0.2, 0) is 6.54 Å². The highest BCUT2D eigenvalue weighted by molar-refractivity contribution is 7.80. The predicted molar refractivity (Wildman–Crippen MR) is 113 cm³/mol. The van der Waals surface area contributed by atoms with E-state index in [0.717, 1.165) is 33.9 Å². The quantitative estimate of drug-likeness (QED) is 0.615. The zero-order valence-corrected chi connectivity index (χ0v) is 16.7. The molecule has 2 N–H and O–H groups in total. The van der Waals surface area contributed by atoms with Crippen molar-refractivity contribution in [2.45, 2.75) is 34.2 Å². The first-order valence-corrected chi connectivity index (χ1v) is 9.18. The van der Waals surface area contributed by atoms with Crippen LogP contribution in [0.4, 0.5) is 15.8 Å². The van der Waals surface area contributed by atoms with Crippen LogP contribution in [0.3, 0.4) is 0 Å². The SMILES string of the molecule is Cc1ccc(C)c(NC(=S)Nc2c(C)nn(Cc3ccc(F)cc3)c2C)c1. The number of halogens is 1. The molecule has 0 bridgehead atoms. The first kappa shape index (κ1) is 19.0. The Morgan fingerprint density at radius 3 is 2.44 bits per heavy atom. The minimum Gasteiger partial charge on any atom is -0.332 e. The fourth-order valence-electron chi connectivity index (χ4n) is 2.93. The molecule has 3 rings (SSSR count). The van der Waals surface area contributed by atoms with E-state index < -0.39 is 0 Å². The highest BCUT2D eigenvalue weighted by atomic mass is 32.1. The summed E-state index contributed by atoms with van der Waals surface area (Å²) in [7, 11) is 0. The number of nitrogens with zero attached hydrogens (tertiary/aromatic N) is 2. The van der Waals surface area contributed by atoms with Crippen molar-refractivity contribution in [3.8, 4) is 0 Å². The van der Waals surface area contributed by atoms with E-state index >= 15 is 0 Å². The number of aromatic nitrogens is 2. The summed E-state index contributed by atoms with van der Waals surface area (Å²) in [4.78, 5) is 0. The van der Waals surface area contributed by atoms with Gasteiger partial charge in [0.25, 0.3) is 0 Å². The monoisotopic (exact) mass is 382 g/mol. The maximum absolute atomic E-state index is 13.1. The topological polar surface area (TPSA) is 41.9 Å². The van der Waals surface area contributed by atoms with Crippen LogP contribution in [0.1, 0.15) is 28.1 Å². The Morgan fingerprint density at radius 1 is 1.04 bits per heavy atom. The molecule has 0 fully saturated rings. The van der Waals surface area contributed by atoms with Crippen molar-refractivity contribution in [3.05, 3.63) is 76.4 Å². The summed E-state index contributed by atoms with van der Waals surface area (Å²) < 4.78 is 15.0. The second kappa shape index (κ2) is 7.88. The molecule has 0 unspecified atom stereocenters. The van der Waals surface area contributed by atoms with Gasteiger partial charge < -0.3 is 10.6 Å². The molecule has 0 aliphatic heterocycles. The largest absolute Gasteiger partial charge is 0.332 e. The minimum atomic E-state index is -0.239. The average molecular weight is 383 g/mol. The van der Waals surface area contributed by atoms with Crippen molar-refractivity contribution in [1.82, 2.24) is 9.78 Å². The Labute approximate surface area is 164 Å². The van der Waals surface area contributed by atoms with E-state index in [4.69, 9.17) is 12.2 Å². The van der Waals surface area contributed by atoms with Gasteiger partial charge in [-0.15, -0.1) is 0 Å². The summed E-state index contributed by atoms with van der Waals surface area (Å²) in [6.45, 7) is 8.60. The maximum Gasteiger partial charge on any atom is 0.175 e. The third kappa shape index (κ3) is 4.52. The molecule has 140 valence electrons. The number of rotatable bonds is 4. The lowest BCUT2D eigenvalue weighted by Gasteiger charge is -2.13. The normalized spacial score (nSPS) is 10.7. The molecule has 0 aliphatic rings. The molecule has 2 aromatic carbocycles. The molecule has 0 atom stereocenters. The van der Waals surface area contributed by atoms with Crippen molar-refractivity contribution >= 4 is 28.7 Å². The number of anilines is 2. The third-order valence-electron chi connectivity index (χ3n) is 4.51. The van der Waals surface area contributed by atoms with Gasteiger partial charge in [-0.3, -0.25) is 4.68 Å². The summed E-state index contributed by atoms with van der Waals surface area (Å²) in [5, 5.41) is 11.6. The first-order chi connectivity index (χ1) is 12.8. The van der Waals surface area contributed by atoms with Gasteiger partial charge in [-0.25, -0.2) is 4.39 Å². The fraction of sp³-hybridized carbons (Fsp3) is 0.238. The zero-order chi connectivity index (χ0) is 19.6. The Hall–Kier alpha value is -2.73. The van der Waals surface area contributed by atoms with E-state index in [9.17, 15) is 4.39 Å². The number of nitrogens with one attached hydrogen (secondary N) is 2. The lowest BCUT2D eigenvalue weighted by molar-refractivity contribution is 0.622. The van der Waals surface area contributed by atoms with E-state index in [1.165, 1.54) is 17.7 Å². The first-order valence-electron chi connectivity index (χ1n) is 8.77. The molecule has 0 saturated carbocycles. The van der Waals surface area contributed by atoms with Crippen molar-refractivity contribution in [1.29, 1.82) is 0 Å². The molecule has 1 aromatic heterocycles. The van der Waals surface area contributed by atoms with Crippen LogP contribution in [0.25, 0.3) is 0 Å². The molecule has 0 radical (unpaired) electrons. The van der Waals surface area contributed by atoms with Gasteiger partial charge in [0.2, 0.25) is 0 Å². The third-order valence-corrected chi connectivity index (χ3v) is 4.71. The molecule has 4 nitrogen and oxygen atoms in total. The van der Waals surface area contributed by atoms with Crippen molar-refractivity contribution in [3.63, 3.8) is 0 Å². The molecule has 0 amide bonds. The van der Waals surface area contributed by atoms with Crippen LogP contribution >= 0.6 is 12.2 Å². The fourth-order valence-corrected chi connectivity index (χ4v) is 3.14. The Kier molecular flexibility index (Phi) is 5.56. The van der Waals surface area contributed by atoms with Gasteiger partial charge in [0.1, 0.15) is 5.82 Å². The van der Waals surface area contributed by atoms with Crippen molar-refractivity contribution in [2.75, 3.05) is 10.6 Å². The van der Waals surface area contributed by atoms with Gasteiger partial charge in [-0.1, -0.05) is 24.3 Å². The van der Waals surface area contributed by atoms with E-state index in [1.807, 2.05) is 25.5 Å². The number of benzene rings is 2. The molecule has 27 heavy (non-hydrogen) atoms. The summed E-state index contributed by atoms with van der Waals surface area (Å²) in [5.41, 5.74) is 7.00. The number of hydrogen-bond acceptors (Lipinski definition) is 2. The van der Waals surface area contributed by atoms with Crippen LogP contribution in [0, 0.1) is 33.5 Å². The van der Waals surface area contributed by atoms with Crippen LogP contribution < -0.4 is 10.6 Å². The minimum absolute atomic E-state index is 0.239. The zero-order valence-electron chi connectivity index (χ0n) is 15.9. The highest BCUT2D eigenvalue weighted by Gasteiger charge is 2.13. The van der Waals surface area contributed by atoms with Crippen LogP contribution in [0.2, 0.25) is 0 Å². The average Bonchev–Trinajstić information content (AvgIpc) is 2.87. The number of aryl methyl sites for hydroxylation is 3. The van der Waals surface area contributed by atoms with Crippen LogP contribution in [0.15, 0.2) is 42.5 Å². The molecular weight excluding hydrogens is 359 g/mol. The molecule has 6 heteroatoms. The van der Waals surface area contributed by atoms with Crippen LogP contribution in [0.5, 0.6) is 0 Å².